The van der Waals surface area contributed by atoms with Crippen molar-refractivity contribution >= 4 is 23.4 Å². The number of benzene rings is 2. The summed E-state index contributed by atoms with van der Waals surface area (Å²) in [6.07, 6.45) is 2.74. The van der Waals surface area contributed by atoms with Crippen LogP contribution in [0.3, 0.4) is 0 Å². The zero-order valence-electron chi connectivity index (χ0n) is 13.1. The molecule has 22 heavy (non-hydrogen) atoms. The molecule has 0 aliphatic carbocycles. The first-order valence-electron chi connectivity index (χ1n) is 7.40. The lowest BCUT2D eigenvalue weighted by molar-refractivity contribution is 0.102. The molecule has 2 rings (SSSR count). The largest absolute Gasteiger partial charge is 0.321 e. The second kappa shape index (κ2) is 7.85. The van der Waals surface area contributed by atoms with Crippen LogP contribution < -0.4 is 5.32 Å². The van der Waals surface area contributed by atoms with Crippen molar-refractivity contribution in [3.05, 3.63) is 71.8 Å². The summed E-state index contributed by atoms with van der Waals surface area (Å²) < 4.78 is 0. The van der Waals surface area contributed by atoms with Gasteiger partial charge in [-0.15, -0.1) is 18.3 Å². The van der Waals surface area contributed by atoms with Crippen LogP contribution in [0.25, 0.3) is 0 Å². The Morgan fingerprint density at radius 2 is 2.00 bits per heavy atom. The highest BCUT2D eigenvalue weighted by Crippen LogP contribution is 2.26. The molecule has 2 aromatic carbocycles. The minimum absolute atomic E-state index is 0.0591. The van der Waals surface area contributed by atoms with Crippen molar-refractivity contribution in [2.24, 2.45) is 0 Å². The molecule has 0 bridgehead atoms. The molecule has 1 amide bonds. The Morgan fingerprint density at radius 1 is 1.23 bits per heavy atom. The zero-order valence-corrected chi connectivity index (χ0v) is 13.9. The maximum atomic E-state index is 12.7. The molecular formula is C19H21NOS. The van der Waals surface area contributed by atoms with Crippen LogP contribution >= 0.6 is 11.8 Å². The van der Waals surface area contributed by atoms with Gasteiger partial charge in [0.2, 0.25) is 0 Å². The van der Waals surface area contributed by atoms with Gasteiger partial charge in [0, 0.05) is 16.3 Å². The Kier molecular flexibility index (Phi) is 5.84. The number of rotatable bonds is 6. The number of anilines is 1. The van der Waals surface area contributed by atoms with Gasteiger partial charge in [-0.3, -0.25) is 4.79 Å². The van der Waals surface area contributed by atoms with Crippen LogP contribution in [0, 0.1) is 6.92 Å². The third-order valence-corrected chi connectivity index (χ3v) is 4.54. The van der Waals surface area contributed by atoms with Crippen LogP contribution in [0.4, 0.5) is 5.69 Å². The summed E-state index contributed by atoms with van der Waals surface area (Å²) >= 11 is 1.62. The fourth-order valence-electron chi connectivity index (χ4n) is 2.31. The fraction of sp³-hybridized carbons (Fsp3) is 0.211. The van der Waals surface area contributed by atoms with E-state index < -0.39 is 0 Å². The van der Waals surface area contributed by atoms with Gasteiger partial charge in [0.25, 0.3) is 5.91 Å². The summed E-state index contributed by atoms with van der Waals surface area (Å²) in [6.45, 7) is 7.85. The smallest absolute Gasteiger partial charge is 0.256 e. The lowest BCUT2D eigenvalue weighted by atomic mass is 10.1. The van der Waals surface area contributed by atoms with Gasteiger partial charge >= 0.3 is 0 Å². The summed E-state index contributed by atoms with van der Waals surface area (Å²) in [5, 5.41) is 3.08. The third-order valence-electron chi connectivity index (χ3n) is 3.47. The topological polar surface area (TPSA) is 29.1 Å². The van der Waals surface area contributed by atoms with Crippen molar-refractivity contribution in [3.63, 3.8) is 0 Å². The number of aryl methyl sites for hydroxylation is 2. The molecule has 0 aliphatic heterocycles. The van der Waals surface area contributed by atoms with Crippen molar-refractivity contribution in [2.75, 3.05) is 11.1 Å². The lowest BCUT2D eigenvalue weighted by Gasteiger charge is -2.14. The van der Waals surface area contributed by atoms with Gasteiger partial charge in [0.15, 0.2) is 0 Å². The standard InChI is InChI=1S/C19H21NOS/c1-4-13-22-17-12-7-6-11-16(17)19(21)20-18-14(3)9-8-10-15(18)5-2/h4,6-12H,1,5,13H2,2-3H3,(H,20,21). The number of para-hydroxylation sites is 1. The quantitative estimate of drug-likeness (QED) is 0.595. The minimum atomic E-state index is -0.0591. The van der Waals surface area contributed by atoms with E-state index >= 15 is 0 Å². The maximum Gasteiger partial charge on any atom is 0.256 e. The third kappa shape index (κ3) is 3.80. The Morgan fingerprint density at radius 3 is 2.73 bits per heavy atom. The van der Waals surface area contributed by atoms with E-state index in [1.54, 1.807) is 11.8 Å². The summed E-state index contributed by atoms with van der Waals surface area (Å²) in [5.41, 5.74) is 3.88. The molecule has 0 fully saturated rings. The fourth-order valence-corrected chi connectivity index (χ4v) is 3.10. The Bertz CT molecular complexity index is 679. The predicted molar refractivity (Wildman–Crippen MR) is 95.9 cm³/mol. The van der Waals surface area contributed by atoms with Gasteiger partial charge < -0.3 is 5.32 Å². The second-order valence-corrected chi connectivity index (χ2v) is 6.07. The molecule has 2 aromatic rings. The molecule has 0 aliphatic rings. The van der Waals surface area contributed by atoms with E-state index in [1.807, 2.05) is 49.4 Å². The molecular weight excluding hydrogens is 290 g/mol. The van der Waals surface area contributed by atoms with Crippen molar-refractivity contribution in [2.45, 2.75) is 25.2 Å². The molecule has 0 saturated carbocycles. The van der Waals surface area contributed by atoms with Gasteiger partial charge in [-0.25, -0.2) is 0 Å². The van der Waals surface area contributed by atoms with Crippen LogP contribution in [0.1, 0.15) is 28.4 Å². The molecule has 3 heteroatoms. The van der Waals surface area contributed by atoms with Crippen molar-refractivity contribution in [3.8, 4) is 0 Å². The van der Waals surface area contributed by atoms with Gasteiger partial charge in [0.1, 0.15) is 0 Å². The van der Waals surface area contributed by atoms with Crippen LogP contribution in [-0.4, -0.2) is 11.7 Å². The maximum absolute atomic E-state index is 12.7. The molecule has 114 valence electrons. The van der Waals surface area contributed by atoms with Gasteiger partial charge in [0.05, 0.1) is 5.56 Å². The number of carbonyl (C=O) groups excluding carboxylic acids is 1. The molecule has 0 radical (unpaired) electrons. The lowest BCUT2D eigenvalue weighted by Crippen LogP contribution is -2.15. The number of carbonyl (C=O) groups is 1. The van der Waals surface area contributed by atoms with Crippen LogP contribution in [0.15, 0.2) is 60.0 Å². The van der Waals surface area contributed by atoms with Crippen LogP contribution in [-0.2, 0) is 6.42 Å². The summed E-state index contributed by atoms with van der Waals surface area (Å²) in [4.78, 5) is 13.6. The summed E-state index contributed by atoms with van der Waals surface area (Å²) in [7, 11) is 0. The van der Waals surface area contributed by atoms with E-state index in [4.69, 9.17) is 0 Å². The highest BCUT2D eigenvalue weighted by molar-refractivity contribution is 7.99. The average molecular weight is 311 g/mol. The number of hydrogen-bond acceptors (Lipinski definition) is 2. The molecule has 0 spiro atoms. The Hall–Kier alpha value is -2.00. The first-order valence-corrected chi connectivity index (χ1v) is 8.38. The normalized spacial score (nSPS) is 10.3. The zero-order chi connectivity index (χ0) is 15.9. The first-order chi connectivity index (χ1) is 10.7. The second-order valence-electron chi connectivity index (χ2n) is 5.01. The first kappa shape index (κ1) is 16.4. The summed E-state index contributed by atoms with van der Waals surface area (Å²) in [6, 6.07) is 13.8. The average Bonchev–Trinajstić information content (AvgIpc) is 2.55. The molecule has 2 nitrogen and oxygen atoms in total. The summed E-state index contributed by atoms with van der Waals surface area (Å²) in [5.74, 6) is 0.727. The van der Waals surface area contributed by atoms with E-state index in [1.165, 1.54) is 0 Å². The molecule has 1 N–H and O–H groups in total. The Labute approximate surface area is 136 Å². The molecule has 0 aromatic heterocycles. The van der Waals surface area contributed by atoms with E-state index in [0.29, 0.717) is 5.56 Å². The number of hydrogen-bond donors (Lipinski definition) is 1. The van der Waals surface area contributed by atoms with E-state index in [9.17, 15) is 4.79 Å². The van der Waals surface area contributed by atoms with Crippen molar-refractivity contribution in [1.29, 1.82) is 0 Å². The van der Waals surface area contributed by atoms with Crippen molar-refractivity contribution in [1.82, 2.24) is 0 Å². The van der Waals surface area contributed by atoms with E-state index in [0.717, 1.165) is 33.9 Å². The highest BCUT2D eigenvalue weighted by atomic mass is 32.2. The molecule has 0 unspecified atom stereocenters. The van der Waals surface area contributed by atoms with Gasteiger partial charge in [-0.2, -0.15) is 0 Å². The van der Waals surface area contributed by atoms with Crippen molar-refractivity contribution < 1.29 is 4.79 Å². The van der Waals surface area contributed by atoms with Gasteiger partial charge in [-0.05, 0) is 36.6 Å². The van der Waals surface area contributed by atoms with E-state index in [2.05, 4.69) is 24.9 Å². The SMILES string of the molecule is C=CCSc1ccccc1C(=O)Nc1c(C)cccc1CC. The molecule has 0 atom stereocenters. The van der Waals surface area contributed by atoms with E-state index in [-0.39, 0.29) is 5.91 Å². The monoisotopic (exact) mass is 311 g/mol. The predicted octanol–water partition coefficient (Wildman–Crippen LogP) is 5.09. The van der Waals surface area contributed by atoms with Gasteiger partial charge in [-0.1, -0.05) is 43.3 Å². The minimum Gasteiger partial charge on any atom is -0.321 e. The number of nitrogens with one attached hydrogen (secondary N) is 1. The Balaban J connectivity index is 2.28. The van der Waals surface area contributed by atoms with Crippen LogP contribution in [0.5, 0.6) is 0 Å². The molecule has 0 saturated heterocycles. The van der Waals surface area contributed by atoms with Crippen LogP contribution in [0.2, 0.25) is 0 Å². The number of amides is 1. The highest BCUT2D eigenvalue weighted by Gasteiger charge is 2.13. The number of thioether (sulfide) groups is 1. The molecule has 0 heterocycles.